The third-order valence-electron chi connectivity index (χ3n) is 5.45. The van der Waals surface area contributed by atoms with Crippen molar-refractivity contribution in [1.29, 1.82) is 0 Å². The number of aromatic nitrogens is 3. The van der Waals surface area contributed by atoms with E-state index in [1.54, 1.807) is 23.7 Å². The van der Waals surface area contributed by atoms with Crippen LogP contribution in [-0.4, -0.2) is 31.9 Å². The summed E-state index contributed by atoms with van der Waals surface area (Å²) in [6.07, 6.45) is 2.36. The predicted molar refractivity (Wildman–Crippen MR) is 122 cm³/mol. The largest absolute Gasteiger partial charge is 0.349 e. The lowest BCUT2D eigenvalue weighted by Gasteiger charge is -2.34. The van der Waals surface area contributed by atoms with Crippen LogP contribution in [0.5, 0.6) is 0 Å². The predicted octanol–water partition coefficient (Wildman–Crippen LogP) is 4.24. The number of carbonyl (C=O) groups excluding carboxylic acids is 2. The van der Waals surface area contributed by atoms with Gasteiger partial charge in [-0.3, -0.25) is 19.5 Å². The van der Waals surface area contributed by atoms with Crippen molar-refractivity contribution in [2.24, 2.45) is 0 Å². The molecular formula is C23H27N5O2S. The number of benzene rings is 1. The summed E-state index contributed by atoms with van der Waals surface area (Å²) in [5.41, 5.74) is 2.78. The molecule has 31 heavy (non-hydrogen) atoms. The molecule has 8 heteroatoms. The van der Waals surface area contributed by atoms with Crippen molar-refractivity contribution in [2.45, 2.75) is 52.6 Å². The van der Waals surface area contributed by atoms with Gasteiger partial charge in [-0.05, 0) is 75.0 Å². The molecule has 0 bridgehead atoms. The van der Waals surface area contributed by atoms with E-state index in [9.17, 15) is 9.59 Å². The molecule has 3 aromatic rings. The minimum atomic E-state index is -0.971. The number of anilines is 1. The first-order valence-corrected chi connectivity index (χ1v) is 11.0. The number of aryl methyl sites for hydroxylation is 1. The molecule has 3 rings (SSSR count). The SMILES string of the molecule is CCC(C)(C)NC(=O)C(c1ccccn1)N(C(=O)c1csnn1)c1cccc(C)c1C. The summed E-state index contributed by atoms with van der Waals surface area (Å²) in [5, 5.41) is 8.64. The van der Waals surface area contributed by atoms with Gasteiger partial charge in [0.05, 0.1) is 5.69 Å². The number of carbonyl (C=O) groups is 2. The second kappa shape index (κ2) is 9.34. The smallest absolute Gasteiger partial charge is 0.280 e. The van der Waals surface area contributed by atoms with Crippen molar-refractivity contribution in [3.8, 4) is 0 Å². The Balaban J connectivity index is 2.21. The van der Waals surface area contributed by atoms with Crippen LogP contribution in [0.25, 0.3) is 0 Å². The van der Waals surface area contributed by atoms with Gasteiger partial charge in [0.15, 0.2) is 11.7 Å². The van der Waals surface area contributed by atoms with Gasteiger partial charge >= 0.3 is 0 Å². The van der Waals surface area contributed by atoms with Crippen LogP contribution in [0, 0.1) is 13.8 Å². The zero-order valence-corrected chi connectivity index (χ0v) is 19.2. The lowest BCUT2D eigenvalue weighted by Crippen LogP contribution is -2.51. The Morgan fingerprint density at radius 3 is 2.55 bits per heavy atom. The van der Waals surface area contributed by atoms with Gasteiger partial charge in [-0.1, -0.05) is 29.6 Å². The molecular weight excluding hydrogens is 410 g/mol. The lowest BCUT2D eigenvalue weighted by molar-refractivity contribution is -0.124. The van der Waals surface area contributed by atoms with E-state index >= 15 is 0 Å². The third-order valence-corrected chi connectivity index (χ3v) is 5.96. The molecule has 0 fully saturated rings. The fourth-order valence-electron chi connectivity index (χ4n) is 3.16. The van der Waals surface area contributed by atoms with Gasteiger partial charge in [-0.25, -0.2) is 0 Å². The molecule has 1 N–H and O–H groups in total. The molecule has 0 saturated heterocycles. The van der Waals surface area contributed by atoms with E-state index in [1.165, 1.54) is 4.90 Å². The topological polar surface area (TPSA) is 88.1 Å². The van der Waals surface area contributed by atoms with Gasteiger partial charge in [-0.15, -0.1) is 5.10 Å². The van der Waals surface area contributed by atoms with Crippen LogP contribution in [0.1, 0.15) is 60.5 Å². The maximum Gasteiger partial charge on any atom is 0.280 e. The van der Waals surface area contributed by atoms with Crippen LogP contribution in [0.3, 0.4) is 0 Å². The van der Waals surface area contributed by atoms with E-state index in [2.05, 4.69) is 19.9 Å². The molecule has 2 aromatic heterocycles. The molecule has 1 unspecified atom stereocenters. The van der Waals surface area contributed by atoms with E-state index in [4.69, 9.17) is 0 Å². The Bertz CT molecular complexity index is 1050. The van der Waals surface area contributed by atoms with Gasteiger partial charge in [0, 0.05) is 22.8 Å². The molecule has 2 amide bonds. The third kappa shape index (κ3) is 4.96. The first-order valence-electron chi connectivity index (χ1n) is 10.1. The average molecular weight is 438 g/mol. The fraction of sp³-hybridized carbons (Fsp3) is 0.348. The highest BCUT2D eigenvalue weighted by Gasteiger charge is 2.37. The Morgan fingerprint density at radius 1 is 1.16 bits per heavy atom. The van der Waals surface area contributed by atoms with Crippen LogP contribution in [0.4, 0.5) is 5.69 Å². The number of hydrogen-bond donors (Lipinski definition) is 1. The molecule has 0 aliphatic heterocycles. The van der Waals surface area contributed by atoms with Crippen LogP contribution >= 0.6 is 11.5 Å². The molecule has 0 spiro atoms. The summed E-state index contributed by atoms with van der Waals surface area (Å²) in [5.74, 6) is -0.703. The first kappa shape index (κ1) is 22.6. The zero-order chi connectivity index (χ0) is 22.6. The number of rotatable bonds is 7. The Labute approximate surface area is 186 Å². The number of amides is 2. The summed E-state index contributed by atoms with van der Waals surface area (Å²) in [7, 11) is 0. The number of hydrogen-bond acceptors (Lipinski definition) is 6. The Hall–Kier alpha value is -3.13. The van der Waals surface area contributed by atoms with Crippen LogP contribution in [-0.2, 0) is 4.79 Å². The van der Waals surface area contributed by atoms with Crippen LogP contribution < -0.4 is 10.2 Å². The van der Waals surface area contributed by atoms with E-state index in [0.717, 1.165) is 29.1 Å². The minimum Gasteiger partial charge on any atom is -0.349 e. The number of nitrogens with one attached hydrogen (secondary N) is 1. The highest BCUT2D eigenvalue weighted by Crippen LogP contribution is 2.33. The highest BCUT2D eigenvalue weighted by molar-refractivity contribution is 7.03. The van der Waals surface area contributed by atoms with Gasteiger partial charge < -0.3 is 5.32 Å². The monoisotopic (exact) mass is 437 g/mol. The van der Waals surface area contributed by atoms with Crippen molar-refractivity contribution in [3.63, 3.8) is 0 Å². The Morgan fingerprint density at radius 2 is 1.94 bits per heavy atom. The Kier molecular flexibility index (Phi) is 6.80. The molecule has 0 aliphatic rings. The molecule has 162 valence electrons. The van der Waals surface area contributed by atoms with Crippen LogP contribution in [0.15, 0.2) is 48.0 Å². The van der Waals surface area contributed by atoms with E-state index in [-0.39, 0.29) is 11.6 Å². The van der Waals surface area contributed by atoms with Crippen molar-refractivity contribution in [1.82, 2.24) is 19.9 Å². The van der Waals surface area contributed by atoms with Crippen LogP contribution in [0.2, 0.25) is 0 Å². The van der Waals surface area contributed by atoms with Gasteiger partial charge in [-0.2, -0.15) is 0 Å². The number of nitrogens with zero attached hydrogens (tertiary/aromatic N) is 4. The maximum absolute atomic E-state index is 13.6. The molecule has 0 aliphatic carbocycles. The zero-order valence-electron chi connectivity index (χ0n) is 18.4. The second-order valence-electron chi connectivity index (χ2n) is 8.07. The quantitative estimate of drug-likeness (QED) is 0.597. The normalized spacial score (nSPS) is 12.3. The maximum atomic E-state index is 13.6. The first-order chi connectivity index (χ1) is 14.7. The summed E-state index contributed by atoms with van der Waals surface area (Å²) < 4.78 is 3.84. The second-order valence-corrected chi connectivity index (χ2v) is 8.68. The van der Waals surface area contributed by atoms with E-state index in [1.807, 2.05) is 58.9 Å². The summed E-state index contributed by atoms with van der Waals surface area (Å²) in [6.45, 7) is 9.82. The fourth-order valence-corrected chi connectivity index (χ4v) is 3.59. The van der Waals surface area contributed by atoms with Gasteiger partial charge in [0.2, 0.25) is 5.91 Å². The molecule has 1 aromatic carbocycles. The van der Waals surface area contributed by atoms with Crippen molar-refractivity contribution >= 4 is 29.0 Å². The lowest BCUT2D eigenvalue weighted by atomic mass is 9.99. The van der Waals surface area contributed by atoms with Gasteiger partial charge in [0.1, 0.15) is 0 Å². The number of pyridine rings is 1. The molecule has 0 saturated carbocycles. The average Bonchev–Trinajstić information content (AvgIpc) is 3.29. The summed E-state index contributed by atoms with van der Waals surface area (Å²) in [6, 6.07) is 10.1. The van der Waals surface area contributed by atoms with Gasteiger partial charge in [0.25, 0.3) is 5.91 Å². The summed E-state index contributed by atoms with van der Waals surface area (Å²) in [4.78, 5) is 33.2. The van der Waals surface area contributed by atoms with E-state index < -0.39 is 17.5 Å². The van der Waals surface area contributed by atoms with Crippen molar-refractivity contribution in [2.75, 3.05) is 4.90 Å². The molecule has 1 atom stereocenters. The highest BCUT2D eigenvalue weighted by atomic mass is 32.1. The minimum absolute atomic E-state index is 0.189. The molecule has 7 nitrogen and oxygen atoms in total. The van der Waals surface area contributed by atoms with E-state index in [0.29, 0.717) is 11.4 Å². The molecule has 0 radical (unpaired) electrons. The standard InChI is InChI=1S/C23H27N5O2S/c1-6-23(4,5)25-21(29)20(17-11-7-8-13-24-17)28(22(30)18-14-31-27-26-18)19-12-9-10-15(2)16(19)3/h7-14,20H,6H2,1-5H3,(H,25,29). The van der Waals surface area contributed by atoms with Crippen molar-refractivity contribution < 1.29 is 9.59 Å². The summed E-state index contributed by atoms with van der Waals surface area (Å²) >= 11 is 1.09. The van der Waals surface area contributed by atoms with Crippen molar-refractivity contribution in [3.05, 3.63) is 70.5 Å². The molecule has 2 heterocycles.